The Kier molecular flexibility index (Phi) is 17.2. The molecule has 20 aromatic carbocycles. The molecule has 0 amide bonds. The summed E-state index contributed by atoms with van der Waals surface area (Å²) in [5.41, 5.74) is 44.2. The topological polar surface area (TPSA) is 51.6 Å². The summed E-state index contributed by atoms with van der Waals surface area (Å²) in [5, 5.41) is 5.26. The van der Waals surface area contributed by atoms with Crippen molar-refractivity contribution in [2.75, 3.05) is 0 Å². The quantitative estimate of drug-likeness (QED) is 0.152. The first-order chi connectivity index (χ1) is 68.4. The Bertz CT molecular complexity index is 8920. The Morgan fingerprint density at radius 1 is 0.130 bits per heavy atom. The van der Waals surface area contributed by atoms with Crippen molar-refractivity contribution in [1.29, 1.82) is 0 Å². The van der Waals surface area contributed by atoms with Crippen molar-refractivity contribution in [1.82, 2.24) is 19.9 Å². The molecular weight excluding hydrogens is 1710 g/mol. The Morgan fingerprint density at radius 2 is 0.377 bits per heavy atom. The van der Waals surface area contributed by atoms with Crippen LogP contribution >= 0.6 is 22.7 Å². The van der Waals surface area contributed by atoms with E-state index in [9.17, 15) is 0 Å². The maximum Gasteiger partial charge on any atom is 0.160 e. The van der Waals surface area contributed by atoms with Crippen LogP contribution in [0.2, 0.25) is 0 Å². The molecule has 138 heavy (non-hydrogen) atoms. The van der Waals surface area contributed by atoms with E-state index in [4.69, 9.17) is 19.9 Å². The van der Waals surface area contributed by atoms with Gasteiger partial charge in [-0.1, -0.05) is 419 Å². The van der Waals surface area contributed by atoms with E-state index in [2.05, 4.69) is 449 Å². The molecule has 6 aliphatic carbocycles. The molecule has 0 saturated carbocycles. The van der Waals surface area contributed by atoms with Crippen LogP contribution in [-0.4, -0.2) is 19.9 Å². The van der Waals surface area contributed by atoms with Crippen molar-refractivity contribution in [3.8, 4) is 135 Å². The van der Waals surface area contributed by atoms with E-state index in [-0.39, 0.29) is 0 Å². The molecule has 6 heteroatoms. The van der Waals surface area contributed by atoms with Gasteiger partial charge in [0.2, 0.25) is 0 Å². The monoisotopic (exact) mass is 1780 g/mol. The molecular formula is C132H80N4S2. The van der Waals surface area contributed by atoms with Crippen molar-refractivity contribution >= 4 is 63.0 Å². The summed E-state index contributed by atoms with van der Waals surface area (Å²) in [7, 11) is 0. The number of nitrogens with zero attached hydrogens (tertiary/aromatic N) is 4. The molecule has 0 fully saturated rings. The van der Waals surface area contributed by atoms with Gasteiger partial charge in [0.15, 0.2) is 11.6 Å². The highest BCUT2D eigenvalue weighted by atomic mass is 32.1. The maximum absolute atomic E-state index is 5.22. The molecule has 0 radical (unpaired) electrons. The van der Waals surface area contributed by atoms with Crippen molar-refractivity contribution in [3.05, 3.63) is 574 Å². The van der Waals surface area contributed by atoms with Gasteiger partial charge in [-0.3, -0.25) is 0 Å². The average molecular weight is 1790 g/mol. The number of thiophene rings is 2. The smallest absolute Gasteiger partial charge is 0.160 e. The molecule has 0 saturated heterocycles. The van der Waals surface area contributed by atoms with Crippen LogP contribution in [0.1, 0.15) is 89.0 Å². The van der Waals surface area contributed by atoms with Gasteiger partial charge in [0.1, 0.15) is 0 Å². The van der Waals surface area contributed by atoms with Crippen molar-refractivity contribution in [2.24, 2.45) is 0 Å². The molecule has 4 spiro atoms. The molecule has 0 atom stereocenters. The molecule has 4 aromatic heterocycles. The Balaban J connectivity index is 0.000000133. The lowest BCUT2D eigenvalue weighted by Crippen LogP contribution is -2.43. The van der Waals surface area contributed by atoms with E-state index in [1.807, 2.05) is 59.1 Å². The van der Waals surface area contributed by atoms with Gasteiger partial charge in [-0.25, -0.2) is 19.9 Å². The Labute approximate surface area is 807 Å². The van der Waals surface area contributed by atoms with Crippen LogP contribution in [0.3, 0.4) is 0 Å². The molecule has 4 heterocycles. The SMILES string of the molecule is c1ccc(-c2cc(-c3ccc(-c4ccc5c(c4)-c4cc6sc7ccccc7c6cc4C54c5ccccc5C5(c6ccccc6-c6ccccc65)c5ccccc54)cc3)nc(-c3ccccc3)n2)cc1.c1ccc(-c2cc(-c3ccccc3)nc(-c3cccc(-c4ccc5c(c4)-c4cc6sc7ccccc7c6cc4C54c5ccccc5C5(c6ccccc6-c6ccccc65)c5ccccc54)c3)n2)cc1. The van der Waals surface area contributed by atoms with Crippen LogP contribution in [0.25, 0.3) is 175 Å². The van der Waals surface area contributed by atoms with Crippen LogP contribution in [0.5, 0.6) is 0 Å². The highest BCUT2D eigenvalue weighted by Gasteiger charge is 2.61. The van der Waals surface area contributed by atoms with E-state index in [0.717, 1.165) is 72.8 Å². The van der Waals surface area contributed by atoms with Gasteiger partial charge in [-0.05, 0) is 223 Å². The second kappa shape index (κ2) is 30.3. The first-order valence-corrected chi connectivity index (χ1v) is 49.2. The standard InChI is InChI=1S/2C66H40N2S/c1-3-18-41(19-4-1)60-40-61(42-20-5-2-6-21-42)68-64(67-60)45-23-17-22-43(36-45)44-34-35-54-49(37-44)50-39-63-51(48-26-9-16-33-62(48)69-63)38-59(50)66(54)57-31-14-12-29-55(57)65(56-30-13-15-32-58(56)66)52-27-10-7-24-46(52)47-25-8-11-28-53(47)65;1-3-17-42(18-4-1)60-40-61(68-64(67-60)44-19-5-2-6-20-44)43-33-31-41(32-34-43)45-35-36-54-49(37-45)50-39-63-51(48-23-9-16-30-62(48)69-63)38-59(50)66(54)57-28-14-12-26-55(57)65(56-27-13-15-29-58(56)66)52-24-10-7-21-46(52)47-22-8-11-25-53(47)65/h2*1-40H. The van der Waals surface area contributed by atoms with Crippen molar-refractivity contribution in [3.63, 3.8) is 0 Å². The summed E-state index contributed by atoms with van der Waals surface area (Å²) in [6.45, 7) is 0. The van der Waals surface area contributed by atoms with Crippen LogP contribution in [0.15, 0.2) is 485 Å². The fraction of sp³-hybridized carbons (Fsp3) is 0.0303. The first kappa shape index (κ1) is 78.5. The molecule has 0 aliphatic heterocycles. The second-order valence-electron chi connectivity index (χ2n) is 37.4. The van der Waals surface area contributed by atoms with Crippen molar-refractivity contribution in [2.45, 2.75) is 21.7 Å². The van der Waals surface area contributed by atoms with Crippen LogP contribution < -0.4 is 0 Å². The highest BCUT2D eigenvalue weighted by molar-refractivity contribution is 7.26. The minimum absolute atomic E-state index is 0.483. The minimum Gasteiger partial charge on any atom is -0.228 e. The molecule has 4 nitrogen and oxygen atoms in total. The largest absolute Gasteiger partial charge is 0.228 e. The summed E-state index contributed by atoms with van der Waals surface area (Å²) >= 11 is 3.79. The van der Waals surface area contributed by atoms with Gasteiger partial charge in [0.25, 0.3) is 0 Å². The number of hydrogen-bond donors (Lipinski definition) is 0. The summed E-state index contributed by atoms with van der Waals surface area (Å²) in [5.74, 6) is 1.42. The fourth-order valence-electron chi connectivity index (χ4n) is 25.2. The zero-order valence-corrected chi connectivity index (χ0v) is 76.4. The number of hydrogen-bond acceptors (Lipinski definition) is 6. The summed E-state index contributed by atoms with van der Waals surface area (Å²) in [6.07, 6.45) is 0. The normalized spacial score (nSPS) is 14.0. The molecule has 6 aliphatic rings. The first-order valence-electron chi connectivity index (χ1n) is 47.6. The summed E-state index contributed by atoms with van der Waals surface area (Å²) in [4.78, 5) is 20.6. The van der Waals surface area contributed by atoms with Crippen molar-refractivity contribution < 1.29 is 0 Å². The summed E-state index contributed by atoms with van der Waals surface area (Å²) < 4.78 is 5.25. The Hall–Kier alpha value is -17.0. The second-order valence-corrected chi connectivity index (χ2v) is 39.6. The molecule has 640 valence electrons. The third-order valence-corrected chi connectivity index (χ3v) is 33.0. The van der Waals surface area contributed by atoms with Crippen LogP contribution in [0.4, 0.5) is 0 Å². The lowest BCUT2D eigenvalue weighted by Gasteiger charge is -2.48. The maximum atomic E-state index is 5.22. The third-order valence-electron chi connectivity index (χ3n) is 30.8. The lowest BCUT2D eigenvalue weighted by atomic mass is 9.52. The van der Waals surface area contributed by atoms with Gasteiger partial charge in [0.05, 0.1) is 44.4 Å². The molecule has 0 N–H and O–H groups in total. The summed E-state index contributed by atoms with van der Waals surface area (Å²) in [6, 6.07) is 180. The predicted octanol–water partition coefficient (Wildman–Crippen LogP) is 33.1. The average Bonchev–Trinajstić information content (AvgIpc) is 1.47. The van der Waals surface area contributed by atoms with E-state index in [1.54, 1.807) is 0 Å². The van der Waals surface area contributed by atoms with E-state index in [0.29, 0.717) is 11.6 Å². The van der Waals surface area contributed by atoms with Gasteiger partial charge < -0.3 is 0 Å². The van der Waals surface area contributed by atoms with Crippen LogP contribution in [0, 0.1) is 0 Å². The Morgan fingerprint density at radius 3 is 0.746 bits per heavy atom. The third kappa shape index (κ3) is 11.1. The van der Waals surface area contributed by atoms with Gasteiger partial charge in [0, 0.05) is 73.7 Å². The minimum atomic E-state index is -0.591. The number of benzene rings is 20. The zero-order chi connectivity index (χ0) is 90.5. The number of fused-ring (bicyclic) bond motifs is 38. The zero-order valence-electron chi connectivity index (χ0n) is 74.8. The molecule has 0 unspecified atom stereocenters. The van der Waals surface area contributed by atoms with Gasteiger partial charge >= 0.3 is 0 Å². The van der Waals surface area contributed by atoms with Gasteiger partial charge in [-0.15, -0.1) is 22.7 Å². The number of aromatic nitrogens is 4. The molecule has 0 bridgehead atoms. The van der Waals surface area contributed by atoms with Crippen LogP contribution in [-0.2, 0) is 21.7 Å². The fourth-order valence-corrected chi connectivity index (χ4v) is 27.5. The molecule has 24 aromatic rings. The highest BCUT2D eigenvalue weighted by Crippen LogP contribution is 2.71. The lowest BCUT2D eigenvalue weighted by molar-refractivity contribution is 0.633. The number of rotatable bonds is 8. The molecule has 30 rings (SSSR count). The van der Waals surface area contributed by atoms with Gasteiger partial charge in [-0.2, -0.15) is 0 Å². The van der Waals surface area contributed by atoms with E-state index in [1.165, 1.54) is 179 Å². The van der Waals surface area contributed by atoms with E-state index < -0.39 is 21.7 Å². The van der Waals surface area contributed by atoms with E-state index >= 15 is 0 Å². The predicted molar refractivity (Wildman–Crippen MR) is 570 cm³/mol.